The fourth-order valence-electron chi connectivity index (χ4n) is 2.79. The molecule has 0 N–H and O–H groups in total. The number of ether oxygens (including phenoxy) is 1. The molecule has 0 aromatic heterocycles. The average Bonchev–Trinajstić information content (AvgIpc) is 3.00. The van der Waals surface area contributed by atoms with Gasteiger partial charge in [0.2, 0.25) is 0 Å². The fourth-order valence-corrected chi connectivity index (χ4v) is 2.79. The Morgan fingerprint density at radius 2 is 1.48 bits per heavy atom. The first-order valence-corrected chi connectivity index (χ1v) is 8.70. The molecule has 0 bridgehead atoms. The lowest BCUT2D eigenvalue weighted by Gasteiger charge is -2.17. The summed E-state index contributed by atoms with van der Waals surface area (Å²) < 4.78 is 5.95. The lowest BCUT2D eigenvalue weighted by Crippen LogP contribution is -2.35. The highest BCUT2D eigenvalue weighted by Crippen LogP contribution is 2.26. The summed E-state index contributed by atoms with van der Waals surface area (Å²) in [7, 11) is 0. The Morgan fingerprint density at radius 1 is 0.852 bits per heavy atom. The molecule has 0 radical (unpaired) electrons. The third-order valence-corrected chi connectivity index (χ3v) is 4.18. The van der Waals surface area contributed by atoms with Crippen LogP contribution in [0.3, 0.4) is 0 Å². The monoisotopic (exact) mass is 354 g/mol. The van der Waals surface area contributed by atoms with Gasteiger partial charge in [0.05, 0.1) is 5.69 Å². The van der Waals surface area contributed by atoms with Crippen LogP contribution < -0.4 is 9.64 Å². The van der Waals surface area contributed by atoms with E-state index in [2.05, 4.69) is 4.99 Å². The zero-order valence-corrected chi connectivity index (χ0v) is 14.9. The molecule has 1 aliphatic rings. The molecule has 0 saturated carbocycles. The third-order valence-electron chi connectivity index (χ3n) is 4.18. The summed E-state index contributed by atoms with van der Waals surface area (Å²) in [5, 5.41) is 0. The van der Waals surface area contributed by atoms with Gasteiger partial charge in [-0.05, 0) is 42.8 Å². The third kappa shape index (κ3) is 3.65. The van der Waals surface area contributed by atoms with Crippen LogP contribution in [0.25, 0.3) is 6.08 Å². The van der Waals surface area contributed by atoms with Crippen LogP contribution in [0.4, 0.5) is 5.69 Å². The highest BCUT2D eigenvalue weighted by atomic mass is 16.5. The van der Waals surface area contributed by atoms with Crippen LogP contribution in [0.5, 0.6) is 5.75 Å². The van der Waals surface area contributed by atoms with Crippen LogP contribution >= 0.6 is 0 Å². The zero-order chi connectivity index (χ0) is 18.6. The number of rotatable bonds is 3. The summed E-state index contributed by atoms with van der Waals surface area (Å²) >= 11 is 0. The predicted octanol–water partition coefficient (Wildman–Crippen LogP) is 4.82. The van der Waals surface area contributed by atoms with Crippen LogP contribution in [0.2, 0.25) is 0 Å². The van der Waals surface area contributed by atoms with Gasteiger partial charge in [0, 0.05) is 0 Å². The first kappa shape index (κ1) is 16.8. The molecule has 1 aliphatic heterocycles. The van der Waals surface area contributed by atoms with Gasteiger partial charge in [0.25, 0.3) is 5.91 Å². The van der Waals surface area contributed by atoms with Crippen molar-refractivity contribution in [1.82, 2.24) is 0 Å². The second-order valence-electron chi connectivity index (χ2n) is 6.23. The van der Waals surface area contributed by atoms with Gasteiger partial charge in [-0.2, -0.15) is 4.99 Å². The molecule has 4 nitrogen and oxygen atoms in total. The van der Waals surface area contributed by atoms with Crippen molar-refractivity contribution in [3.05, 3.63) is 102 Å². The van der Waals surface area contributed by atoms with Crippen molar-refractivity contribution in [2.45, 2.75) is 6.92 Å². The minimum absolute atomic E-state index is 0.216. The molecule has 0 fully saturated rings. The van der Waals surface area contributed by atoms with Gasteiger partial charge in [-0.3, -0.25) is 4.79 Å². The number of nitrogens with zero attached hydrogens (tertiary/aromatic N) is 2. The number of aryl methyl sites for hydroxylation is 1. The van der Waals surface area contributed by atoms with Gasteiger partial charge < -0.3 is 4.74 Å². The van der Waals surface area contributed by atoms with Crippen LogP contribution in [0.15, 0.2) is 95.6 Å². The van der Waals surface area contributed by atoms with E-state index in [4.69, 9.17) is 4.74 Å². The van der Waals surface area contributed by atoms with E-state index in [1.54, 1.807) is 6.08 Å². The van der Waals surface area contributed by atoms with Gasteiger partial charge >= 0.3 is 6.02 Å². The number of carbonyl (C=O) groups is 1. The maximum atomic E-state index is 13.0. The molecule has 4 heteroatoms. The Kier molecular flexibility index (Phi) is 4.54. The Morgan fingerprint density at radius 3 is 2.15 bits per heavy atom. The minimum atomic E-state index is -0.216. The quantitative estimate of drug-likeness (QED) is 0.633. The molecule has 0 spiro atoms. The minimum Gasteiger partial charge on any atom is -0.425 e. The van der Waals surface area contributed by atoms with E-state index in [0.29, 0.717) is 17.1 Å². The molecule has 0 unspecified atom stereocenters. The van der Waals surface area contributed by atoms with Crippen LogP contribution in [-0.2, 0) is 4.79 Å². The largest absolute Gasteiger partial charge is 0.425 e. The maximum absolute atomic E-state index is 13.0. The Hall–Kier alpha value is -3.66. The average molecular weight is 354 g/mol. The Labute approximate surface area is 158 Å². The number of anilines is 1. The maximum Gasteiger partial charge on any atom is 0.310 e. The topological polar surface area (TPSA) is 41.9 Å². The fraction of sp³-hybridized carbons (Fsp3) is 0.0435. The molecule has 4 rings (SSSR count). The standard InChI is InChI=1S/C23H18N2O2/c1-17-12-14-20(15-13-17)27-23-24-21(16-18-8-4-2-5-9-18)22(26)25(23)19-10-6-3-7-11-19/h2-16H,1H3/b21-16+. The van der Waals surface area contributed by atoms with Gasteiger partial charge in [0.1, 0.15) is 11.4 Å². The molecule has 1 heterocycles. The van der Waals surface area contributed by atoms with Crippen molar-refractivity contribution >= 4 is 23.7 Å². The van der Waals surface area contributed by atoms with E-state index in [0.717, 1.165) is 11.1 Å². The molecule has 0 saturated heterocycles. The van der Waals surface area contributed by atoms with Gasteiger partial charge in [-0.15, -0.1) is 0 Å². The molecule has 0 atom stereocenters. The van der Waals surface area contributed by atoms with Crippen molar-refractivity contribution in [3.63, 3.8) is 0 Å². The number of carbonyl (C=O) groups excluding carboxylic acids is 1. The number of benzene rings is 3. The lowest BCUT2D eigenvalue weighted by molar-refractivity contribution is -0.113. The van der Waals surface area contributed by atoms with E-state index in [-0.39, 0.29) is 11.9 Å². The SMILES string of the molecule is Cc1ccc(OC2=N/C(=C/c3ccccc3)C(=O)N2c2ccccc2)cc1. The van der Waals surface area contributed by atoms with Crippen molar-refractivity contribution in [1.29, 1.82) is 0 Å². The molecule has 132 valence electrons. The number of hydrogen-bond donors (Lipinski definition) is 0. The Bertz CT molecular complexity index is 1010. The summed E-state index contributed by atoms with van der Waals surface area (Å²) in [6.45, 7) is 2.01. The van der Waals surface area contributed by atoms with Crippen LogP contribution in [0, 0.1) is 6.92 Å². The second-order valence-corrected chi connectivity index (χ2v) is 6.23. The summed E-state index contributed by atoms with van der Waals surface area (Å²) in [5.74, 6) is 0.418. The van der Waals surface area contributed by atoms with E-state index in [1.165, 1.54) is 4.90 Å². The lowest BCUT2D eigenvalue weighted by atomic mass is 10.2. The van der Waals surface area contributed by atoms with Crippen LogP contribution in [-0.4, -0.2) is 11.9 Å². The van der Waals surface area contributed by atoms with Crippen molar-refractivity contribution < 1.29 is 9.53 Å². The summed E-state index contributed by atoms with van der Waals surface area (Å²) in [6.07, 6.45) is 1.77. The summed E-state index contributed by atoms with van der Waals surface area (Å²) in [5.41, 5.74) is 3.10. The van der Waals surface area contributed by atoms with E-state index >= 15 is 0 Å². The normalized spacial score (nSPS) is 15.1. The van der Waals surface area contributed by atoms with E-state index in [1.807, 2.05) is 91.9 Å². The highest BCUT2D eigenvalue weighted by Gasteiger charge is 2.33. The zero-order valence-electron chi connectivity index (χ0n) is 14.9. The van der Waals surface area contributed by atoms with E-state index in [9.17, 15) is 4.79 Å². The van der Waals surface area contributed by atoms with Gasteiger partial charge in [0.15, 0.2) is 0 Å². The molecule has 1 amide bonds. The number of hydrogen-bond acceptors (Lipinski definition) is 3. The second kappa shape index (κ2) is 7.30. The highest BCUT2D eigenvalue weighted by molar-refractivity contribution is 6.27. The predicted molar refractivity (Wildman–Crippen MR) is 108 cm³/mol. The molecular formula is C23H18N2O2. The number of aliphatic imine (C=N–C) groups is 1. The first-order valence-electron chi connectivity index (χ1n) is 8.70. The Balaban J connectivity index is 1.73. The number of amidine groups is 1. The van der Waals surface area contributed by atoms with Crippen molar-refractivity contribution in [3.8, 4) is 5.75 Å². The van der Waals surface area contributed by atoms with Gasteiger partial charge in [-0.1, -0.05) is 66.2 Å². The van der Waals surface area contributed by atoms with Gasteiger partial charge in [-0.25, -0.2) is 4.90 Å². The smallest absolute Gasteiger partial charge is 0.310 e. The molecule has 3 aromatic carbocycles. The summed E-state index contributed by atoms with van der Waals surface area (Å²) in [4.78, 5) is 19.0. The van der Waals surface area contributed by atoms with Crippen molar-refractivity contribution in [2.75, 3.05) is 4.90 Å². The molecule has 0 aliphatic carbocycles. The molecule has 3 aromatic rings. The number of para-hydroxylation sites is 1. The van der Waals surface area contributed by atoms with Crippen molar-refractivity contribution in [2.24, 2.45) is 4.99 Å². The van der Waals surface area contributed by atoms with Crippen LogP contribution in [0.1, 0.15) is 11.1 Å². The molecule has 27 heavy (non-hydrogen) atoms. The number of amides is 1. The van der Waals surface area contributed by atoms with E-state index < -0.39 is 0 Å². The molecular weight excluding hydrogens is 336 g/mol. The first-order chi connectivity index (χ1) is 13.2. The summed E-state index contributed by atoms with van der Waals surface area (Å²) in [6, 6.07) is 26.9.